The molecule has 6 heteroatoms. The predicted molar refractivity (Wildman–Crippen MR) is 74.3 cm³/mol. The van der Waals surface area contributed by atoms with Gasteiger partial charge in [0.2, 0.25) is 0 Å². The number of fused-ring (bicyclic) bond motifs is 1. The highest BCUT2D eigenvalue weighted by Gasteiger charge is 2.37. The summed E-state index contributed by atoms with van der Waals surface area (Å²) in [4.78, 5) is 15.3. The average Bonchev–Trinajstić information content (AvgIpc) is 3.04. The second-order valence-electron chi connectivity index (χ2n) is 5.47. The number of nitrogens with one attached hydrogen (secondary N) is 1. The van der Waals surface area contributed by atoms with Crippen LogP contribution in [0.3, 0.4) is 0 Å². The summed E-state index contributed by atoms with van der Waals surface area (Å²) in [5.41, 5.74) is 0.875. The number of aryl methyl sites for hydroxylation is 1. The van der Waals surface area contributed by atoms with Crippen LogP contribution in [0.15, 0.2) is 0 Å². The average molecular weight is 280 g/mol. The second kappa shape index (κ2) is 5.54. The van der Waals surface area contributed by atoms with Gasteiger partial charge in [0.25, 0.3) is 5.91 Å². The van der Waals surface area contributed by atoms with Crippen molar-refractivity contribution in [3.63, 3.8) is 0 Å². The summed E-state index contributed by atoms with van der Waals surface area (Å²) in [6, 6.07) is 0.494. The van der Waals surface area contributed by atoms with E-state index < -0.39 is 0 Å². The van der Waals surface area contributed by atoms with Gasteiger partial charge in [-0.25, -0.2) is 0 Å². The molecular formula is C13H20N4OS. The molecule has 0 bridgehead atoms. The normalized spacial score (nSPS) is 26.5. The second-order valence-corrected chi connectivity index (χ2v) is 6.23. The van der Waals surface area contributed by atoms with Crippen LogP contribution >= 0.6 is 11.5 Å². The van der Waals surface area contributed by atoms with Crippen molar-refractivity contribution in [2.45, 2.75) is 38.6 Å². The molecule has 0 unspecified atom stereocenters. The highest BCUT2D eigenvalue weighted by Crippen LogP contribution is 2.27. The molecule has 0 aromatic carbocycles. The Balaban J connectivity index is 1.72. The van der Waals surface area contributed by atoms with Crippen molar-refractivity contribution in [2.75, 3.05) is 19.6 Å². The fourth-order valence-corrected chi connectivity index (χ4v) is 3.80. The summed E-state index contributed by atoms with van der Waals surface area (Å²) in [5.74, 6) is 0.767. The number of amides is 1. The van der Waals surface area contributed by atoms with Crippen molar-refractivity contribution in [1.82, 2.24) is 19.8 Å². The van der Waals surface area contributed by atoms with Gasteiger partial charge in [-0.05, 0) is 43.3 Å². The van der Waals surface area contributed by atoms with E-state index in [1.165, 1.54) is 24.4 Å². The first-order chi connectivity index (χ1) is 9.29. The monoisotopic (exact) mass is 280 g/mol. The number of carbonyl (C=O) groups is 1. The fourth-order valence-electron chi connectivity index (χ4n) is 3.13. The maximum Gasteiger partial charge on any atom is 0.267 e. The van der Waals surface area contributed by atoms with Crippen molar-refractivity contribution in [3.8, 4) is 0 Å². The maximum atomic E-state index is 12.6. The van der Waals surface area contributed by atoms with Gasteiger partial charge in [0, 0.05) is 19.1 Å². The molecule has 104 valence electrons. The van der Waals surface area contributed by atoms with E-state index in [1.807, 2.05) is 4.90 Å². The van der Waals surface area contributed by atoms with E-state index in [0.29, 0.717) is 12.0 Å². The molecule has 1 N–H and O–H groups in total. The van der Waals surface area contributed by atoms with E-state index in [1.54, 1.807) is 0 Å². The Morgan fingerprint density at radius 3 is 3.21 bits per heavy atom. The molecule has 5 nitrogen and oxygen atoms in total. The summed E-state index contributed by atoms with van der Waals surface area (Å²) < 4.78 is 3.95. The van der Waals surface area contributed by atoms with Crippen LogP contribution in [0.25, 0.3) is 0 Å². The third-order valence-electron chi connectivity index (χ3n) is 4.12. The Kier molecular flexibility index (Phi) is 3.79. The SMILES string of the molecule is CCCc1nnsc1C(=O)N1C[C@@H]2CCCN[C@@H]2C1. The third kappa shape index (κ3) is 2.51. The van der Waals surface area contributed by atoms with Crippen molar-refractivity contribution in [3.05, 3.63) is 10.6 Å². The zero-order valence-corrected chi connectivity index (χ0v) is 12.1. The van der Waals surface area contributed by atoms with E-state index in [-0.39, 0.29) is 5.91 Å². The summed E-state index contributed by atoms with van der Waals surface area (Å²) in [6.07, 6.45) is 4.31. The highest BCUT2D eigenvalue weighted by atomic mass is 32.1. The zero-order valence-electron chi connectivity index (χ0n) is 11.3. The number of hydrogen-bond donors (Lipinski definition) is 1. The molecule has 0 aliphatic carbocycles. The molecule has 0 spiro atoms. The first kappa shape index (κ1) is 13.0. The largest absolute Gasteiger partial charge is 0.336 e. The molecular weight excluding hydrogens is 260 g/mol. The standard InChI is InChI=1S/C13H20N4OS/c1-2-4-10-12(19-16-15-10)13(18)17-7-9-5-3-6-14-11(9)8-17/h9,11,14H,2-8H2,1H3/t9-,11+/m0/s1. The molecule has 3 rings (SSSR count). The molecule has 2 atom stereocenters. The smallest absolute Gasteiger partial charge is 0.267 e. The Hall–Kier alpha value is -1.01. The van der Waals surface area contributed by atoms with Gasteiger partial charge in [0.15, 0.2) is 0 Å². The molecule has 1 aromatic heterocycles. The lowest BCUT2D eigenvalue weighted by Crippen LogP contribution is -2.41. The lowest BCUT2D eigenvalue weighted by atomic mass is 9.94. The fraction of sp³-hybridized carbons (Fsp3) is 0.769. The minimum Gasteiger partial charge on any atom is -0.336 e. The van der Waals surface area contributed by atoms with Crippen molar-refractivity contribution in [1.29, 1.82) is 0 Å². The number of nitrogens with zero attached hydrogens (tertiary/aromatic N) is 3. The minimum absolute atomic E-state index is 0.134. The molecule has 0 saturated carbocycles. The van der Waals surface area contributed by atoms with Gasteiger partial charge in [-0.3, -0.25) is 4.79 Å². The summed E-state index contributed by atoms with van der Waals surface area (Å²) in [5, 5.41) is 7.62. The first-order valence-electron chi connectivity index (χ1n) is 7.13. The predicted octanol–water partition coefficient (Wildman–Crippen LogP) is 1.31. The first-order valence-corrected chi connectivity index (χ1v) is 7.90. The van der Waals surface area contributed by atoms with Crippen LogP contribution in [0.2, 0.25) is 0 Å². The zero-order chi connectivity index (χ0) is 13.2. The van der Waals surface area contributed by atoms with Crippen LogP contribution in [-0.2, 0) is 6.42 Å². The number of aromatic nitrogens is 2. The Labute approximate surface area is 117 Å². The van der Waals surface area contributed by atoms with Crippen molar-refractivity contribution < 1.29 is 4.79 Å². The van der Waals surface area contributed by atoms with Gasteiger partial charge in [-0.15, -0.1) is 5.10 Å². The van der Waals surface area contributed by atoms with E-state index in [9.17, 15) is 4.79 Å². The van der Waals surface area contributed by atoms with E-state index in [4.69, 9.17) is 0 Å². The molecule has 3 heterocycles. The van der Waals surface area contributed by atoms with Gasteiger partial charge < -0.3 is 10.2 Å². The quantitative estimate of drug-likeness (QED) is 0.907. The summed E-state index contributed by atoms with van der Waals surface area (Å²) >= 11 is 1.25. The van der Waals surface area contributed by atoms with Gasteiger partial charge in [0.1, 0.15) is 4.88 Å². The minimum atomic E-state index is 0.134. The Morgan fingerprint density at radius 1 is 1.53 bits per heavy atom. The number of rotatable bonds is 3. The maximum absolute atomic E-state index is 12.6. The van der Waals surface area contributed by atoms with Crippen LogP contribution in [0.4, 0.5) is 0 Å². The molecule has 1 aromatic rings. The van der Waals surface area contributed by atoms with E-state index >= 15 is 0 Å². The molecule has 0 radical (unpaired) electrons. The van der Waals surface area contributed by atoms with Crippen LogP contribution in [0.5, 0.6) is 0 Å². The summed E-state index contributed by atoms with van der Waals surface area (Å²) in [7, 11) is 0. The lowest BCUT2D eigenvalue weighted by molar-refractivity contribution is 0.0789. The Morgan fingerprint density at radius 2 is 2.42 bits per heavy atom. The van der Waals surface area contributed by atoms with Crippen molar-refractivity contribution in [2.24, 2.45) is 5.92 Å². The number of piperidine rings is 1. The highest BCUT2D eigenvalue weighted by molar-refractivity contribution is 7.08. The van der Waals surface area contributed by atoms with Crippen LogP contribution in [0.1, 0.15) is 41.6 Å². The van der Waals surface area contributed by atoms with Crippen LogP contribution < -0.4 is 5.32 Å². The molecule has 2 fully saturated rings. The number of hydrogen-bond acceptors (Lipinski definition) is 5. The molecule has 2 saturated heterocycles. The lowest BCUT2D eigenvalue weighted by Gasteiger charge is -2.24. The van der Waals surface area contributed by atoms with Gasteiger partial charge in [-0.2, -0.15) is 0 Å². The summed E-state index contributed by atoms with van der Waals surface area (Å²) in [6.45, 7) is 4.92. The van der Waals surface area contributed by atoms with E-state index in [0.717, 1.165) is 43.0 Å². The number of likely N-dealkylation sites (tertiary alicyclic amines) is 1. The number of carbonyl (C=O) groups excluding carboxylic acids is 1. The molecule has 2 aliphatic rings. The van der Waals surface area contributed by atoms with Crippen molar-refractivity contribution >= 4 is 17.4 Å². The van der Waals surface area contributed by atoms with Crippen LogP contribution in [-0.4, -0.2) is 46.1 Å². The van der Waals surface area contributed by atoms with Crippen LogP contribution in [0, 0.1) is 5.92 Å². The Bertz CT molecular complexity index is 447. The van der Waals surface area contributed by atoms with E-state index in [2.05, 4.69) is 21.8 Å². The topological polar surface area (TPSA) is 58.1 Å². The van der Waals surface area contributed by atoms with Gasteiger partial charge in [0.05, 0.1) is 5.69 Å². The molecule has 1 amide bonds. The molecule has 2 aliphatic heterocycles. The van der Waals surface area contributed by atoms with Gasteiger partial charge >= 0.3 is 0 Å². The molecule has 19 heavy (non-hydrogen) atoms. The third-order valence-corrected chi connectivity index (χ3v) is 4.88. The van der Waals surface area contributed by atoms with Gasteiger partial charge in [-0.1, -0.05) is 17.8 Å².